The highest BCUT2D eigenvalue weighted by molar-refractivity contribution is 5.93. The molecule has 0 saturated carbocycles. The van der Waals surface area contributed by atoms with Crippen LogP contribution in [0.4, 0.5) is 0 Å². The zero-order chi connectivity index (χ0) is 18.8. The summed E-state index contributed by atoms with van der Waals surface area (Å²) in [6, 6.07) is 5.37. The molecule has 1 heterocycles. The molecular formula is C22H32O4. The van der Waals surface area contributed by atoms with Gasteiger partial charge >= 0.3 is 5.63 Å². The summed E-state index contributed by atoms with van der Waals surface area (Å²) in [4.78, 5) is 12.3. The number of methoxy groups -OCH3 is 2. The highest BCUT2D eigenvalue weighted by Gasteiger charge is 2.17. The average molecular weight is 360 g/mol. The molecule has 0 spiro atoms. The molecule has 2 aromatic rings. The summed E-state index contributed by atoms with van der Waals surface area (Å²) >= 11 is 0. The quantitative estimate of drug-likeness (QED) is 0.443. The van der Waals surface area contributed by atoms with E-state index in [9.17, 15) is 4.79 Å². The van der Waals surface area contributed by atoms with Crippen LogP contribution >= 0.6 is 0 Å². The first-order valence-corrected chi connectivity index (χ1v) is 9.89. The van der Waals surface area contributed by atoms with Crippen LogP contribution in [-0.4, -0.2) is 14.2 Å². The number of unbranched alkanes of at least 4 members (excludes halogenated alkanes) is 8. The molecule has 1 aromatic heterocycles. The third-order valence-corrected chi connectivity index (χ3v) is 4.87. The van der Waals surface area contributed by atoms with Gasteiger partial charge in [0.25, 0.3) is 0 Å². The second-order valence-electron chi connectivity index (χ2n) is 6.81. The van der Waals surface area contributed by atoms with E-state index in [1.54, 1.807) is 26.4 Å². The molecule has 4 nitrogen and oxygen atoms in total. The second-order valence-corrected chi connectivity index (χ2v) is 6.81. The molecule has 26 heavy (non-hydrogen) atoms. The van der Waals surface area contributed by atoms with Crippen molar-refractivity contribution in [1.82, 2.24) is 0 Å². The molecule has 144 valence electrons. The van der Waals surface area contributed by atoms with Crippen LogP contribution in [-0.2, 0) is 6.42 Å². The number of ether oxygens (including phenoxy) is 2. The first-order chi connectivity index (χ1) is 12.7. The lowest BCUT2D eigenvalue weighted by Gasteiger charge is -2.12. The van der Waals surface area contributed by atoms with Gasteiger partial charge in [-0.3, -0.25) is 0 Å². The molecule has 1 aromatic carbocycles. The number of benzene rings is 1. The molecule has 0 saturated heterocycles. The minimum Gasteiger partial charge on any atom is -0.496 e. The van der Waals surface area contributed by atoms with Gasteiger partial charge in [0, 0.05) is 6.42 Å². The van der Waals surface area contributed by atoms with Gasteiger partial charge in [0.2, 0.25) is 0 Å². The molecule has 0 amide bonds. The fourth-order valence-corrected chi connectivity index (χ4v) is 3.43. The summed E-state index contributed by atoms with van der Waals surface area (Å²) in [7, 11) is 3.21. The smallest absolute Gasteiger partial charge is 0.344 e. The van der Waals surface area contributed by atoms with Gasteiger partial charge < -0.3 is 13.9 Å². The Labute approximate surface area is 156 Å². The van der Waals surface area contributed by atoms with Crippen molar-refractivity contribution in [2.24, 2.45) is 0 Å². The first-order valence-electron chi connectivity index (χ1n) is 9.89. The predicted molar refractivity (Wildman–Crippen MR) is 107 cm³/mol. The molecule has 0 N–H and O–H groups in total. The van der Waals surface area contributed by atoms with E-state index < -0.39 is 0 Å². The van der Waals surface area contributed by atoms with Crippen molar-refractivity contribution in [3.63, 3.8) is 0 Å². The Bertz CT molecular complexity index is 733. The fraction of sp³-hybridized carbons (Fsp3) is 0.591. The Morgan fingerprint density at radius 1 is 0.885 bits per heavy atom. The Morgan fingerprint density at radius 3 is 2.15 bits per heavy atom. The highest BCUT2D eigenvalue weighted by Crippen LogP contribution is 2.35. The summed E-state index contributed by atoms with van der Waals surface area (Å²) in [5, 5.41) is 1.21. The van der Waals surface area contributed by atoms with Gasteiger partial charge in [0.15, 0.2) is 11.5 Å². The molecule has 0 unspecified atom stereocenters. The number of aryl methyl sites for hydroxylation is 1. The number of rotatable bonds is 12. The summed E-state index contributed by atoms with van der Waals surface area (Å²) < 4.78 is 16.5. The van der Waals surface area contributed by atoms with Crippen molar-refractivity contribution in [3.8, 4) is 11.5 Å². The van der Waals surface area contributed by atoms with E-state index in [2.05, 4.69) is 6.92 Å². The van der Waals surface area contributed by atoms with Crippen molar-refractivity contribution >= 4 is 10.8 Å². The minimum absolute atomic E-state index is 0.328. The molecule has 2 rings (SSSR count). The summed E-state index contributed by atoms with van der Waals surface area (Å²) in [5.41, 5.74) is -0.328. The lowest BCUT2D eigenvalue weighted by molar-refractivity contribution is 0.363. The lowest BCUT2D eigenvalue weighted by Crippen LogP contribution is -2.06. The summed E-state index contributed by atoms with van der Waals surface area (Å²) in [5.74, 6) is 1.88. The van der Waals surface area contributed by atoms with E-state index in [1.807, 2.05) is 6.07 Å². The molecule has 0 aliphatic carbocycles. The normalized spacial score (nSPS) is 11.0. The molecule has 0 fully saturated rings. The van der Waals surface area contributed by atoms with Crippen LogP contribution in [0.15, 0.2) is 27.4 Å². The maximum absolute atomic E-state index is 12.3. The van der Waals surface area contributed by atoms with Gasteiger partial charge in [0.05, 0.1) is 25.0 Å². The molecule has 0 atom stereocenters. The standard InChI is InChI=1S/C22H32O4/c1-4-5-6-7-8-9-10-11-12-15-19-21(25-3)20-17(22(23)26-19)14-13-16-18(20)24-2/h13-14,16H,4-12,15H2,1-3H3. The van der Waals surface area contributed by atoms with Crippen molar-refractivity contribution in [2.45, 2.75) is 71.1 Å². The van der Waals surface area contributed by atoms with Crippen LogP contribution in [0.25, 0.3) is 10.8 Å². The van der Waals surface area contributed by atoms with Gasteiger partial charge in [-0.15, -0.1) is 0 Å². The van der Waals surface area contributed by atoms with Gasteiger partial charge in [-0.05, 0) is 18.6 Å². The van der Waals surface area contributed by atoms with Gasteiger partial charge in [0.1, 0.15) is 5.75 Å². The van der Waals surface area contributed by atoms with E-state index in [1.165, 1.54) is 44.9 Å². The van der Waals surface area contributed by atoms with E-state index in [4.69, 9.17) is 13.9 Å². The van der Waals surface area contributed by atoms with E-state index in [0.717, 1.165) is 12.8 Å². The summed E-state index contributed by atoms with van der Waals surface area (Å²) in [6.07, 6.45) is 12.0. The Balaban J connectivity index is 1.96. The highest BCUT2D eigenvalue weighted by atomic mass is 16.5. The Morgan fingerprint density at radius 2 is 1.54 bits per heavy atom. The molecule has 4 heteroatoms. The van der Waals surface area contributed by atoms with Gasteiger partial charge in [-0.25, -0.2) is 4.79 Å². The maximum Gasteiger partial charge on any atom is 0.344 e. The zero-order valence-electron chi connectivity index (χ0n) is 16.4. The topological polar surface area (TPSA) is 48.7 Å². The number of fused-ring (bicyclic) bond motifs is 1. The monoisotopic (exact) mass is 360 g/mol. The lowest BCUT2D eigenvalue weighted by atomic mass is 10.0. The van der Waals surface area contributed by atoms with Crippen molar-refractivity contribution < 1.29 is 13.9 Å². The van der Waals surface area contributed by atoms with E-state index in [0.29, 0.717) is 34.5 Å². The molecular weight excluding hydrogens is 328 g/mol. The fourth-order valence-electron chi connectivity index (χ4n) is 3.43. The zero-order valence-corrected chi connectivity index (χ0v) is 16.4. The maximum atomic E-state index is 12.3. The van der Waals surface area contributed by atoms with Gasteiger partial charge in [-0.1, -0.05) is 64.4 Å². The van der Waals surface area contributed by atoms with Crippen molar-refractivity contribution in [3.05, 3.63) is 34.4 Å². The van der Waals surface area contributed by atoms with Crippen molar-refractivity contribution in [2.75, 3.05) is 14.2 Å². The van der Waals surface area contributed by atoms with Crippen LogP contribution in [0.5, 0.6) is 11.5 Å². The predicted octanol–water partition coefficient (Wildman–Crippen LogP) is 5.88. The average Bonchev–Trinajstić information content (AvgIpc) is 2.66. The van der Waals surface area contributed by atoms with Crippen LogP contribution in [0.1, 0.15) is 70.5 Å². The summed E-state index contributed by atoms with van der Waals surface area (Å²) in [6.45, 7) is 2.25. The number of hydrogen-bond donors (Lipinski definition) is 0. The van der Waals surface area contributed by atoms with Gasteiger partial charge in [-0.2, -0.15) is 0 Å². The van der Waals surface area contributed by atoms with Crippen LogP contribution < -0.4 is 15.1 Å². The molecule has 0 aliphatic rings. The molecule has 0 radical (unpaired) electrons. The molecule has 0 bridgehead atoms. The van der Waals surface area contributed by atoms with Crippen molar-refractivity contribution in [1.29, 1.82) is 0 Å². The van der Waals surface area contributed by atoms with Crippen LogP contribution in [0, 0.1) is 0 Å². The third kappa shape index (κ3) is 5.26. The molecule has 0 aliphatic heterocycles. The number of hydrogen-bond acceptors (Lipinski definition) is 4. The van der Waals surface area contributed by atoms with Crippen LogP contribution in [0.2, 0.25) is 0 Å². The second kappa shape index (κ2) is 10.9. The SMILES string of the molecule is CCCCCCCCCCCc1oc(=O)c2cccc(OC)c2c1OC. The third-order valence-electron chi connectivity index (χ3n) is 4.87. The largest absolute Gasteiger partial charge is 0.496 e. The Kier molecular flexibility index (Phi) is 8.52. The first kappa shape index (κ1) is 20.3. The van der Waals surface area contributed by atoms with E-state index in [-0.39, 0.29) is 5.63 Å². The Hall–Kier alpha value is -1.97. The van der Waals surface area contributed by atoms with E-state index >= 15 is 0 Å². The van der Waals surface area contributed by atoms with Crippen LogP contribution in [0.3, 0.4) is 0 Å². The minimum atomic E-state index is -0.328.